The first-order chi connectivity index (χ1) is 15.5. The van der Waals surface area contributed by atoms with Gasteiger partial charge in [0, 0.05) is 25.4 Å². The number of piperidine rings is 1. The Labute approximate surface area is 186 Å². The van der Waals surface area contributed by atoms with Crippen LogP contribution in [0.25, 0.3) is 40.8 Å². The first-order valence-electron chi connectivity index (χ1n) is 11.0. The number of rotatable bonds is 4. The summed E-state index contributed by atoms with van der Waals surface area (Å²) in [5, 5.41) is 9.26. The summed E-state index contributed by atoms with van der Waals surface area (Å²) in [6.07, 6.45) is 13.4. The molecule has 0 aliphatic carbocycles. The molecule has 0 atom stereocenters. The van der Waals surface area contributed by atoms with Crippen LogP contribution in [0.5, 0.6) is 0 Å². The zero-order valence-corrected chi connectivity index (χ0v) is 18.8. The second kappa shape index (κ2) is 8.11. The van der Waals surface area contributed by atoms with Crippen molar-refractivity contribution in [3.8, 4) is 11.5 Å². The van der Waals surface area contributed by atoms with E-state index in [4.69, 9.17) is 4.98 Å². The Bertz CT molecular complexity index is 1410. The summed E-state index contributed by atoms with van der Waals surface area (Å²) >= 11 is 0. The first kappa shape index (κ1) is 20.2. The molecule has 5 heterocycles. The van der Waals surface area contributed by atoms with E-state index in [0.717, 1.165) is 63.2 Å². The van der Waals surface area contributed by atoms with Gasteiger partial charge in [-0.15, -0.1) is 0 Å². The number of hydrogen-bond acceptors (Lipinski definition) is 5. The summed E-state index contributed by atoms with van der Waals surface area (Å²) in [5.41, 5.74) is 5.86. The summed E-state index contributed by atoms with van der Waals surface area (Å²) in [6.45, 7) is 10.4. The van der Waals surface area contributed by atoms with Crippen LogP contribution in [0, 0.1) is 6.92 Å². The van der Waals surface area contributed by atoms with Gasteiger partial charge in [0.2, 0.25) is 0 Å². The zero-order valence-electron chi connectivity index (χ0n) is 18.8. The van der Waals surface area contributed by atoms with Crippen molar-refractivity contribution in [2.24, 2.45) is 7.05 Å². The van der Waals surface area contributed by atoms with Crippen LogP contribution in [0.2, 0.25) is 0 Å². The Morgan fingerprint density at radius 3 is 2.72 bits per heavy atom. The third-order valence-corrected chi connectivity index (χ3v) is 6.32. The fourth-order valence-electron chi connectivity index (χ4n) is 4.27. The molecule has 0 aromatic carbocycles. The standard InChI is InChI=1S/C24H28N8/c1-15(20-14-26-17(3)31(20)4)8-9-18-16(2)22(30-29-18)24-27-19-12-25-13-21(23(19)28-24)32-10-6-5-7-11-32/h8-9,12-14,29H,2,5-7,10-11H2,1,3-4H3,(H,27,28)/b15-8+,18-9+. The molecule has 164 valence electrons. The molecule has 8 heteroatoms. The number of imidazole rings is 2. The molecule has 1 aliphatic heterocycles. The van der Waals surface area contributed by atoms with Gasteiger partial charge in [0.05, 0.1) is 40.8 Å². The fraction of sp³-hybridized carbons (Fsp3) is 0.333. The smallest absolute Gasteiger partial charge is 0.159 e. The van der Waals surface area contributed by atoms with E-state index in [2.05, 4.69) is 54.2 Å². The number of aromatic amines is 2. The van der Waals surface area contributed by atoms with E-state index in [1.54, 1.807) is 0 Å². The number of aryl methyl sites for hydroxylation is 1. The molecule has 4 aromatic heterocycles. The molecule has 8 nitrogen and oxygen atoms in total. The van der Waals surface area contributed by atoms with E-state index in [1.807, 2.05) is 38.6 Å². The molecule has 5 rings (SSSR count). The SMILES string of the molecule is C=c1c(-c2nc3c(N4CCCCC4)cncc3[nH]2)n[nH]/c1=C/C=C(\C)c1cnc(C)n1C. The number of pyridine rings is 1. The van der Waals surface area contributed by atoms with Gasteiger partial charge in [-0.3, -0.25) is 10.1 Å². The van der Waals surface area contributed by atoms with Gasteiger partial charge < -0.3 is 14.5 Å². The highest BCUT2D eigenvalue weighted by atomic mass is 15.2. The zero-order chi connectivity index (χ0) is 22.2. The van der Waals surface area contributed by atoms with Gasteiger partial charge in [-0.05, 0) is 44.8 Å². The molecule has 2 N–H and O–H groups in total. The van der Waals surface area contributed by atoms with E-state index >= 15 is 0 Å². The van der Waals surface area contributed by atoms with Gasteiger partial charge in [-0.25, -0.2) is 9.97 Å². The summed E-state index contributed by atoms with van der Waals surface area (Å²) in [5.74, 6) is 1.69. The Balaban J connectivity index is 1.50. The number of hydrogen-bond donors (Lipinski definition) is 2. The highest BCUT2D eigenvalue weighted by molar-refractivity contribution is 5.89. The first-order valence-corrected chi connectivity index (χ1v) is 11.0. The monoisotopic (exact) mass is 428 g/mol. The summed E-state index contributed by atoms with van der Waals surface area (Å²) < 4.78 is 2.07. The second-order valence-corrected chi connectivity index (χ2v) is 8.42. The molecule has 0 radical (unpaired) electrons. The van der Waals surface area contributed by atoms with E-state index in [0.29, 0.717) is 5.82 Å². The third kappa shape index (κ3) is 3.51. The van der Waals surface area contributed by atoms with Crippen LogP contribution in [0.15, 0.2) is 24.7 Å². The quantitative estimate of drug-likeness (QED) is 0.522. The van der Waals surface area contributed by atoms with Crippen molar-refractivity contribution in [1.82, 2.24) is 34.7 Å². The lowest BCUT2D eigenvalue weighted by Crippen LogP contribution is -2.29. The van der Waals surface area contributed by atoms with Crippen LogP contribution in [0.1, 0.15) is 37.7 Å². The minimum Gasteiger partial charge on any atom is -0.368 e. The normalized spacial score (nSPS) is 15.8. The van der Waals surface area contributed by atoms with E-state index < -0.39 is 0 Å². The predicted octanol–water partition coefficient (Wildman–Crippen LogP) is 2.67. The van der Waals surface area contributed by atoms with Gasteiger partial charge in [-0.1, -0.05) is 12.7 Å². The van der Waals surface area contributed by atoms with Gasteiger partial charge in [0.25, 0.3) is 0 Å². The highest BCUT2D eigenvalue weighted by Crippen LogP contribution is 2.28. The largest absolute Gasteiger partial charge is 0.368 e. The van der Waals surface area contributed by atoms with Gasteiger partial charge in [0.15, 0.2) is 5.82 Å². The molecule has 1 fully saturated rings. The van der Waals surface area contributed by atoms with E-state index in [1.165, 1.54) is 19.3 Å². The maximum atomic E-state index is 4.89. The van der Waals surface area contributed by atoms with Crippen molar-refractivity contribution in [3.63, 3.8) is 0 Å². The highest BCUT2D eigenvalue weighted by Gasteiger charge is 2.18. The predicted molar refractivity (Wildman–Crippen MR) is 128 cm³/mol. The van der Waals surface area contributed by atoms with Crippen LogP contribution < -0.4 is 15.5 Å². The molecule has 0 amide bonds. The molecule has 1 saturated heterocycles. The lowest BCUT2D eigenvalue weighted by molar-refractivity contribution is 0.578. The molecule has 0 spiro atoms. The van der Waals surface area contributed by atoms with Crippen molar-refractivity contribution in [3.05, 3.63) is 46.8 Å². The fourth-order valence-corrected chi connectivity index (χ4v) is 4.27. The van der Waals surface area contributed by atoms with Crippen LogP contribution in [-0.2, 0) is 7.05 Å². The third-order valence-electron chi connectivity index (χ3n) is 6.32. The van der Waals surface area contributed by atoms with Crippen molar-refractivity contribution >= 4 is 34.9 Å². The molecular weight excluding hydrogens is 400 g/mol. The molecule has 32 heavy (non-hydrogen) atoms. The molecule has 4 aromatic rings. The molecule has 1 aliphatic rings. The minimum absolute atomic E-state index is 0.704. The van der Waals surface area contributed by atoms with Gasteiger partial charge >= 0.3 is 0 Å². The van der Waals surface area contributed by atoms with Gasteiger partial charge in [-0.2, -0.15) is 5.10 Å². The van der Waals surface area contributed by atoms with E-state index in [-0.39, 0.29) is 0 Å². The van der Waals surface area contributed by atoms with Gasteiger partial charge in [0.1, 0.15) is 17.0 Å². The number of allylic oxidation sites excluding steroid dienone is 2. The average molecular weight is 429 g/mol. The van der Waals surface area contributed by atoms with Crippen LogP contribution in [-0.4, -0.2) is 47.8 Å². The molecule has 0 unspecified atom stereocenters. The maximum absolute atomic E-state index is 4.89. The summed E-state index contributed by atoms with van der Waals surface area (Å²) in [7, 11) is 2.02. The number of aromatic nitrogens is 7. The summed E-state index contributed by atoms with van der Waals surface area (Å²) in [4.78, 5) is 19.5. The Morgan fingerprint density at radius 2 is 1.97 bits per heavy atom. The van der Waals surface area contributed by atoms with Crippen LogP contribution in [0.4, 0.5) is 5.69 Å². The summed E-state index contributed by atoms with van der Waals surface area (Å²) in [6, 6.07) is 0. The number of H-pyrrole nitrogens is 2. The average Bonchev–Trinajstić information content (AvgIpc) is 3.49. The number of anilines is 1. The second-order valence-electron chi connectivity index (χ2n) is 8.42. The van der Waals surface area contributed by atoms with Crippen LogP contribution in [0.3, 0.4) is 0 Å². The van der Waals surface area contributed by atoms with E-state index in [9.17, 15) is 0 Å². The maximum Gasteiger partial charge on any atom is 0.159 e. The molecule has 0 saturated carbocycles. The Morgan fingerprint density at radius 1 is 1.16 bits per heavy atom. The lowest BCUT2D eigenvalue weighted by atomic mass is 10.1. The Hall–Kier alpha value is -3.68. The van der Waals surface area contributed by atoms with Crippen molar-refractivity contribution < 1.29 is 0 Å². The molecule has 0 bridgehead atoms. The van der Waals surface area contributed by atoms with Crippen LogP contribution >= 0.6 is 0 Å². The number of fused-ring (bicyclic) bond motifs is 1. The van der Waals surface area contributed by atoms with Crippen molar-refractivity contribution in [2.45, 2.75) is 33.1 Å². The Kier molecular flexibility index (Phi) is 5.13. The van der Waals surface area contributed by atoms with Crippen molar-refractivity contribution in [2.75, 3.05) is 18.0 Å². The number of nitrogens with one attached hydrogen (secondary N) is 2. The minimum atomic E-state index is 0.704. The molecular formula is C24H28N8. The number of nitrogens with zero attached hydrogens (tertiary/aromatic N) is 6. The topological polar surface area (TPSA) is 91.3 Å². The van der Waals surface area contributed by atoms with Crippen molar-refractivity contribution in [1.29, 1.82) is 0 Å². The lowest BCUT2D eigenvalue weighted by Gasteiger charge is -2.28.